The van der Waals surface area contributed by atoms with Crippen molar-refractivity contribution in [1.29, 1.82) is 0 Å². The van der Waals surface area contributed by atoms with Crippen LogP contribution in [0.5, 0.6) is 0 Å². The van der Waals surface area contributed by atoms with Gasteiger partial charge in [0.25, 0.3) is 0 Å². The minimum Gasteiger partial charge on any atom is -0.387 e. The topological polar surface area (TPSA) is 32.3 Å². The van der Waals surface area contributed by atoms with Gasteiger partial charge < -0.3 is 10.4 Å². The molecule has 0 aliphatic heterocycles. The van der Waals surface area contributed by atoms with Crippen LogP contribution in [0.3, 0.4) is 0 Å². The summed E-state index contributed by atoms with van der Waals surface area (Å²) in [5, 5.41) is 13.9. The predicted molar refractivity (Wildman–Crippen MR) is 79.2 cm³/mol. The molecule has 0 fully saturated rings. The number of benzene rings is 2. The largest absolute Gasteiger partial charge is 0.387 e. The van der Waals surface area contributed by atoms with E-state index in [4.69, 9.17) is 11.6 Å². The first-order valence-electron chi connectivity index (χ1n) is 6.49. The fourth-order valence-electron chi connectivity index (χ4n) is 2.04. The maximum atomic E-state index is 13.5. The Bertz CT molecular complexity index is 576. The van der Waals surface area contributed by atoms with Gasteiger partial charge in [0.2, 0.25) is 0 Å². The summed E-state index contributed by atoms with van der Waals surface area (Å²) in [6.45, 7) is 2.24. The summed E-state index contributed by atoms with van der Waals surface area (Å²) in [7, 11) is 0. The van der Waals surface area contributed by atoms with Crippen molar-refractivity contribution in [3.05, 3.63) is 70.5 Å². The Hall–Kier alpha value is -1.42. The third kappa shape index (κ3) is 3.79. The highest BCUT2D eigenvalue weighted by Crippen LogP contribution is 2.20. The molecule has 0 aliphatic rings. The minimum absolute atomic E-state index is 0.0233. The van der Waals surface area contributed by atoms with Crippen LogP contribution in [0.25, 0.3) is 0 Å². The third-order valence-corrected chi connectivity index (χ3v) is 3.47. The van der Waals surface area contributed by atoms with E-state index in [0.29, 0.717) is 10.6 Å². The predicted octanol–water partition coefficient (Wildman–Crippen LogP) is 3.86. The lowest BCUT2D eigenvalue weighted by atomic mass is 10.1. The number of nitrogens with one attached hydrogen (secondary N) is 1. The maximum Gasteiger partial charge on any atom is 0.129 e. The van der Waals surface area contributed by atoms with Crippen molar-refractivity contribution < 1.29 is 9.50 Å². The summed E-state index contributed by atoms with van der Waals surface area (Å²) in [4.78, 5) is 0. The van der Waals surface area contributed by atoms with Gasteiger partial charge in [0.05, 0.1) is 6.10 Å². The first kappa shape index (κ1) is 15.0. The molecule has 2 aromatic carbocycles. The van der Waals surface area contributed by atoms with Crippen molar-refractivity contribution in [3.63, 3.8) is 0 Å². The van der Waals surface area contributed by atoms with Crippen LogP contribution in [0, 0.1) is 5.82 Å². The van der Waals surface area contributed by atoms with Crippen molar-refractivity contribution in [2.75, 3.05) is 6.54 Å². The van der Waals surface area contributed by atoms with Gasteiger partial charge in [-0.1, -0.05) is 41.9 Å². The summed E-state index contributed by atoms with van der Waals surface area (Å²) < 4.78 is 13.5. The first-order valence-corrected chi connectivity index (χ1v) is 6.87. The average molecular weight is 294 g/mol. The fourth-order valence-corrected chi connectivity index (χ4v) is 2.24. The molecule has 2 nitrogen and oxygen atoms in total. The quantitative estimate of drug-likeness (QED) is 0.877. The number of hydrogen-bond donors (Lipinski definition) is 2. The normalized spacial score (nSPS) is 14.0. The zero-order valence-corrected chi connectivity index (χ0v) is 11.9. The van der Waals surface area contributed by atoms with E-state index in [1.807, 2.05) is 31.2 Å². The molecule has 106 valence electrons. The Balaban J connectivity index is 1.97. The van der Waals surface area contributed by atoms with E-state index < -0.39 is 11.9 Å². The third-order valence-electron chi connectivity index (χ3n) is 3.23. The second-order valence-corrected chi connectivity index (χ2v) is 5.16. The Morgan fingerprint density at radius 3 is 2.65 bits per heavy atom. The van der Waals surface area contributed by atoms with Crippen LogP contribution in [0.2, 0.25) is 5.02 Å². The molecule has 1 unspecified atom stereocenters. The van der Waals surface area contributed by atoms with E-state index in [9.17, 15) is 9.50 Å². The number of aliphatic hydroxyl groups is 1. The molecule has 2 N–H and O–H groups in total. The second-order valence-electron chi connectivity index (χ2n) is 4.72. The van der Waals surface area contributed by atoms with Gasteiger partial charge in [0, 0.05) is 23.2 Å². The van der Waals surface area contributed by atoms with Crippen molar-refractivity contribution in [1.82, 2.24) is 5.32 Å². The number of aliphatic hydroxyl groups excluding tert-OH is 1. The number of rotatable bonds is 5. The van der Waals surface area contributed by atoms with Crippen molar-refractivity contribution in [3.8, 4) is 0 Å². The minimum atomic E-state index is -0.877. The van der Waals surface area contributed by atoms with Gasteiger partial charge in [-0.3, -0.25) is 0 Å². The highest BCUT2D eigenvalue weighted by molar-refractivity contribution is 6.30. The molecule has 2 rings (SSSR count). The van der Waals surface area contributed by atoms with E-state index in [2.05, 4.69) is 5.32 Å². The molecule has 2 aromatic rings. The number of hydrogen-bond acceptors (Lipinski definition) is 2. The van der Waals surface area contributed by atoms with Crippen LogP contribution in [0.4, 0.5) is 4.39 Å². The van der Waals surface area contributed by atoms with E-state index >= 15 is 0 Å². The van der Waals surface area contributed by atoms with Gasteiger partial charge in [-0.25, -0.2) is 4.39 Å². The molecule has 4 heteroatoms. The van der Waals surface area contributed by atoms with Gasteiger partial charge in [-0.15, -0.1) is 0 Å². The van der Waals surface area contributed by atoms with Crippen LogP contribution in [0.1, 0.15) is 30.2 Å². The summed E-state index contributed by atoms with van der Waals surface area (Å²) >= 11 is 5.94. The Labute approximate surface area is 123 Å². The Morgan fingerprint density at radius 2 is 1.95 bits per heavy atom. The molecule has 0 spiro atoms. The standard InChI is InChI=1S/C16H17ClFNO/c1-11(12-5-4-6-13(17)9-12)19-10-16(20)14-7-2-3-8-15(14)18/h2-9,11,16,19-20H,10H2,1H3/t11-,16?/m0/s1. The van der Waals surface area contributed by atoms with Gasteiger partial charge in [0.1, 0.15) is 5.82 Å². The Kier molecular flexibility index (Phi) is 5.12. The van der Waals surface area contributed by atoms with Gasteiger partial charge in [-0.05, 0) is 30.7 Å². The highest BCUT2D eigenvalue weighted by atomic mass is 35.5. The summed E-state index contributed by atoms with van der Waals surface area (Å²) in [5.41, 5.74) is 1.33. The zero-order chi connectivity index (χ0) is 14.5. The molecule has 20 heavy (non-hydrogen) atoms. The van der Waals surface area contributed by atoms with Crippen LogP contribution in [-0.4, -0.2) is 11.7 Å². The lowest BCUT2D eigenvalue weighted by Gasteiger charge is -2.18. The first-order chi connectivity index (χ1) is 9.58. The summed E-state index contributed by atoms with van der Waals surface area (Å²) in [6, 6.07) is 13.8. The van der Waals surface area contributed by atoms with Gasteiger partial charge in [0.15, 0.2) is 0 Å². The monoisotopic (exact) mass is 293 g/mol. The fraction of sp³-hybridized carbons (Fsp3) is 0.250. The van der Waals surface area contributed by atoms with Gasteiger partial charge in [-0.2, -0.15) is 0 Å². The highest BCUT2D eigenvalue weighted by Gasteiger charge is 2.13. The average Bonchev–Trinajstić information content (AvgIpc) is 2.45. The second kappa shape index (κ2) is 6.84. The molecule has 0 saturated carbocycles. The molecule has 0 bridgehead atoms. The molecule has 0 saturated heterocycles. The van der Waals surface area contributed by atoms with Gasteiger partial charge >= 0.3 is 0 Å². The van der Waals surface area contributed by atoms with E-state index in [1.54, 1.807) is 18.2 Å². The molecule has 0 radical (unpaired) electrons. The summed E-state index contributed by atoms with van der Waals surface area (Å²) in [5.74, 6) is -0.391. The van der Waals surface area contributed by atoms with Crippen LogP contribution in [-0.2, 0) is 0 Å². The molecule has 0 aromatic heterocycles. The molecule has 2 atom stereocenters. The lowest BCUT2D eigenvalue weighted by Crippen LogP contribution is -2.25. The molecular formula is C16H17ClFNO. The molecule has 0 heterocycles. The van der Waals surface area contributed by atoms with Crippen molar-refractivity contribution >= 4 is 11.6 Å². The molecule has 0 aliphatic carbocycles. The van der Waals surface area contributed by atoms with Crippen LogP contribution < -0.4 is 5.32 Å². The number of halogens is 2. The van der Waals surface area contributed by atoms with Crippen molar-refractivity contribution in [2.24, 2.45) is 0 Å². The van der Waals surface area contributed by atoms with Crippen LogP contribution >= 0.6 is 11.6 Å². The zero-order valence-electron chi connectivity index (χ0n) is 11.2. The molecule has 0 amide bonds. The smallest absolute Gasteiger partial charge is 0.129 e. The van der Waals surface area contributed by atoms with Crippen LogP contribution in [0.15, 0.2) is 48.5 Å². The Morgan fingerprint density at radius 1 is 1.20 bits per heavy atom. The van der Waals surface area contributed by atoms with E-state index in [1.165, 1.54) is 6.07 Å². The van der Waals surface area contributed by atoms with E-state index in [-0.39, 0.29) is 12.6 Å². The maximum absolute atomic E-state index is 13.5. The SMILES string of the molecule is C[C@H](NCC(O)c1ccccc1F)c1cccc(Cl)c1. The summed E-state index contributed by atoms with van der Waals surface area (Å²) in [6.07, 6.45) is -0.877. The van der Waals surface area contributed by atoms with E-state index in [0.717, 1.165) is 5.56 Å². The molecular weight excluding hydrogens is 277 g/mol. The van der Waals surface area contributed by atoms with Crippen molar-refractivity contribution in [2.45, 2.75) is 19.1 Å². The lowest BCUT2D eigenvalue weighted by molar-refractivity contribution is 0.166.